The highest BCUT2D eigenvalue weighted by atomic mass is 35.5. The minimum atomic E-state index is -0.335. The van der Waals surface area contributed by atoms with Crippen LogP contribution in [0.15, 0.2) is 42.5 Å². The van der Waals surface area contributed by atoms with E-state index >= 15 is 0 Å². The van der Waals surface area contributed by atoms with Gasteiger partial charge in [-0.3, -0.25) is 0 Å². The van der Waals surface area contributed by atoms with Gasteiger partial charge in [0.15, 0.2) is 0 Å². The molecule has 2 N–H and O–H groups in total. The number of anilines is 1. The third kappa shape index (κ3) is 4.94. The Morgan fingerprint density at radius 3 is 2.62 bits per heavy atom. The summed E-state index contributed by atoms with van der Waals surface area (Å²) in [4.78, 5) is 14.0. The lowest BCUT2D eigenvalue weighted by Gasteiger charge is -2.25. The van der Waals surface area contributed by atoms with Gasteiger partial charge in [-0.25, -0.2) is 9.18 Å². The predicted molar refractivity (Wildman–Crippen MR) is 96.0 cm³/mol. The molecule has 1 unspecified atom stereocenters. The lowest BCUT2D eigenvalue weighted by atomic mass is 10.1. The van der Waals surface area contributed by atoms with Crippen LogP contribution in [0.1, 0.15) is 17.2 Å². The molecule has 0 spiro atoms. The summed E-state index contributed by atoms with van der Waals surface area (Å²) in [5, 5.41) is 6.14. The van der Waals surface area contributed by atoms with E-state index in [4.69, 9.17) is 11.6 Å². The molecule has 2 amide bonds. The van der Waals surface area contributed by atoms with Gasteiger partial charge in [-0.15, -0.1) is 0 Å². The van der Waals surface area contributed by atoms with Gasteiger partial charge in [-0.05, 0) is 56.4 Å². The normalized spacial score (nSPS) is 12.1. The van der Waals surface area contributed by atoms with Gasteiger partial charge in [-0.1, -0.05) is 29.8 Å². The van der Waals surface area contributed by atoms with E-state index in [9.17, 15) is 9.18 Å². The first-order valence-corrected chi connectivity index (χ1v) is 7.97. The van der Waals surface area contributed by atoms with E-state index in [2.05, 4.69) is 10.6 Å². The highest BCUT2D eigenvalue weighted by Gasteiger charge is 2.16. The number of benzene rings is 2. The molecule has 0 aliphatic carbocycles. The highest BCUT2D eigenvalue weighted by molar-refractivity contribution is 6.31. The van der Waals surface area contributed by atoms with Crippen LogP contribution < -0.4 is 10.6 Å². The standard InChI is InChI=1S/C18H21ClFN3O/c1-12-7-8-15(10-16(12)19)22-18(24)21-11-17(23(2)3)13-5-4-6-14(20)9-13/h4-10,17H,11H2,1-3H3,(H2,21,22,24). The van der Waals surface area contributed by atoms with Gasteiger partial charge in [0.2, 0.25) is 0 Å². The van der Waals surface area contributed by atoms with Gasteiger partial charge in [0.25, 0.3) is 0 Å². The third-order valence-corrected chi connectivity index (χ3v) is 4.15. The van der Waals surface area contributed by atoms with E-state index < -0.39 is 0 Å². The Bertz CT molecular complexity index is 721. The summed E-state index contributed by atoms with van der Waals surface area (Å²) in [5.41, 5.74) is 2.37. The summed E-state index contributed by atoms with van der Waals surface area (Å²) in [6.07, 6.45) is 0. The van der Waals surface area contributed by atoms with Gasteiger partial charge >= 0.3 is 6.03 Å². The molecule has 2 aromatic rings. The van der Waals surface area contributed by atoms with Crippen LogP contribution in [-0.4, -0.2) is 31.6 Å². The fraction of sp³-hybridized carbons (Fsp3) is 0.278. The van der Waals surface area contributed by atoms with Crippen molar-refractivity contribution in [1.29, 1.82) is 0 Å². The number of hydrogen-bond donors (Lipinski definition) is 2. The number of amides is 2. The zero-order chi connectivity index (χ0) is 17.7. The van der Waals surface area contributed by atoms with Gasteiger partial charge in [0.05, 0.1) is 6.04 Å². The second-order valence-electron chi connectivity index (χ2n) is 5.83. The monoisotopic (exact) mass is 349 g/mol. The second-order valence-corrected chi connectivity index (χ2v) is 6.24. The molecule has 1 atom stereocenters. The molecule has 24 heavy (non-hydrogen) atoms. The Kier molecular flexibility index (Phi) is 6.17. The quantitative estimate of drug-likeness (QED) is 0.849. The highest BCUT2D eigenvalue weighted by Crippen LogP contribution is 2.20. The number of nitrogens with one attached hydrogen (secondary N) is 2. The average molecular weight is 350 g/mol. The molecule has 0 aliphatic heterocycles. The molecule has 0 saturated carbocycles. The Balaban J connectivity index is 1.98. The van der Waals surface area contributed by atoms with Crippen molar-refractivity contribution < 1.29 is 9.18 Å². The number of aryl methyl sites for hydroxylation is 1. The van der Waals surface area contributed by atoms with E-state index in [-0.39, 0.29) is 17.9 Å². The minimum Gasteiger partial charge on any atom is -0.336 e. The van der Waals surface area contributed by atoms with Crippen LogP contribution in [0.3, 0.4) is 0 Å². The topological polar surface area (TPSA) is 44.4 Å². The molecule has 2 aromatic carbocycles. The van der Waals surface area contributed by atoms with Crippen LogP contribution in [0.4, 0.5) is 14.9 Å². The summed E-state index contributed by atoms with van der Waals surface area (Å²) in [6.45, 7) is 2.24. The first-order valence-electron chi connectivity index (χ1n) is 7.59. The van der Waals surface area contributed by atoms with E-state index in [0.29, 0.717) is 17.3 Å². The van der Waals surface area contributed by atoms with Crippen molar-refractivity contribution >= 4 is 23.3 Å². The number of hydrogen-bond acceptors (Lipinski definition) is 2. The molecule has 128 valence electrons. The van der Waals surface area contributed by atoms with Crippen molar-refractivity contribution in [3.8, 4) is 0 Å². The van der Waals surface area contributed by atoms with Crippen LogP contribution in [0, 0.1) is 12.7 Å². The van der Waals surface area contributed by atoms with E-state index in [0.717, 1.165) is 11.1 Å². The maximum atomic E-state index is 13.4. The van der Waals surface area contributed by atoms with Crippen molar-refractivity contribution in [2.75, 3.05) is 26.0 Å². The van der Waals surface area contributed by atoms with Gasteiger partial charge < -0.3 is 15.5 Å². The molecule has 0 radical (unpaired) electrons. The van der Waals surface area contributed by atoms with E-state index in [1.807, 2.05) is 38.1 Å². The van der Waals surface area contributed by atoms with Crippen molar-refractivity contribution in [2.45, 2.75) is 13.0 Å². The molecular weight excluding hydrogens is 329 g/mol. The number of rotatable bonds is 5. The number of urea groups is 1. The molecule has 0 heterocycles. The second kappa shape index (κ2) is 8.13. The number of likely N-dealkylation sites (N-methyl/N-ethyl adjacent to an activating group) is 1. The van der Waals surface area contributed by atoms with Crippen molar-refractivity contribution in [3.05, 3.63) is 64.4 Å². The summed E-state index contributed by atoms with van der Waals surface area (Å²) in [7, 11) is 3.77. The number of carbonyl (C=O) groups is 1. The molecule has 2 rings (SSSR count). The predicted octanol–water partition coefficient (Wildman–Crippen LogP) is 4.21. The Hall–Kier alpha value is -2.11. The van der Waals surface area contributed by atoms with E-state index in [1.54, 1.807) is 18.2 Å². The fourth-order valence-corrected chi connectivity index (χ4v) is 2.53. The zero-order valence-corrected chi connectivity index (χ0v) is 14.7. The summed E-state index contributed by atoms with van der Waals surface area (Å²) >= 11 is 6.05. The lowest BCUT2D eigenvalue weighted by molar-refractivity contribution is 0.243. The molecular formula is C18H21ClFN3O. The first-order chi connectivity index (χ1) is 11.4. The third-order valence-electron chi connectivity index (χ3n) is 3.74. The summed E-state index contributed by atoms with van der Waals surface area (Å²) < 4.78 is 13.4. The molecule has 0 aliphatic rings. The van der Waals surface area contributed by atoms with Crippen molar-refractivity contribution in [1.82, 2.24) is 10.2 Å². The Morgan fingerprint density at radius 2 is 2.00 bits per heavy atom. The molecule has 6 heteroatoms. The molecule has 0 aromatic heterocycles. The molecule has 4 nitrogen and oxygen atoms in total. The number of halogens is 2. The maximum absolute atomic E-state index is 13.4. The average Bonchev–Trinajstić information content (AvgIpc) is 2.51. The van der Waals surface area contributed by atoms with Gasteiger partial charge in [-0.2, -0.15) is 0 Å². The largest absolute Gasteiger partial charge is 0.336 e. The first kappa shape index (κ1) is 18.2. The van der Waals surface area contributed by atoms with Crippen LogP contribution in [0.25, 0.3) is 0 Å². The summed E-state index contributed by atoms with van der Waals surface area (Å²) in [6, 6.07) is 11.2. The van der Waals surface area contributed by atoms with Gasteiger partial charge in [0.1, 0.15) is 5.82 Å². The number of carbonyl (C=O) groups excluding carboxylic acids is 1. The summed E-state index contributed by atoms with van der Waals surface area (Å²) in [5.74, 6) is -0.293. The Morgan fingerprint density at radius 1 is 1.25 bits per heavy atom. The molecule has 0 bridgehead atoms. The molecule has 0 saturated heterocycles. The van der Waals surface area contributed by atoms with Crippen molar-refractivity contribution in [3.63, 3.8) is 0 Å². The van der Waals surface area contributed by atoms with Crippen molar-refractivity contribution in [2.24, 2.45) is 0 Å². The molecule has 0 fully saturated rings. The van der Waals surface area contributed by atoms with Crippen LogP contribution >= 0.6 is 11.6 Å². The number of nitrogens with zero attached hydrogens (tertiary/aromatic N) is 1. The minimum absolute atomic E-state index is 0.131. The van der Waals surface area contributed by atoms with E-state index in [1.165, 1.54) is 12.1 Å². The SMILES string of the molecule is Cc1ccc(NC(=O)NCC(c2cccc(F)c2)N(C)C)cc1Cl. The lowest BCUT2D eigenvalue weighted by Crippen LogP contribution is -2.36. The smallest absolute Gasteiger partial charge is 0.319 e. The maximum Gasteiger partial charge on any atom is 0.319 e. The zero-order valence-electron chi connectivity index (χ0n) is 13.9. The van der Waals surface area contributed by atoms with Crippen LogP contribution in [0.2, 0.25) is 5.02 Å². The Labute approximate surface area is 146 Å². The van der Waals surface area contributed by atoms with Crippen LogP contribution in [0.5, 0.6) is 0 Å². The van der Waals surface area contributed by atoms with Gasteiger partial charge in [0, 0.05) is 17.3 Å². The van der Waals surface area contributed by atoms with Crippen LogP contribution in [-0.2, 0) is 0 Å². The fourth-order valence-electron chi connectivity index (χ4n) is 2.35.